The summed E-state index contributed by atoms with van der Waals surface area (Å²) in [6, 6.07) is 18.5. The summed E-state index contributed by atoms with van der Waals surface area (Å²) in [5, 5.41) is 11.3. The van der Waals surface area contributed by atoms with Gasteiger partial charge in [-0.05, 0) is 29.7 Å². The van der Waals surface area contributed by atoms with E-state index in [1.807, 2.05) is 30.3 Å². The van der Waals surface area contributed by atoms with E-state index < -0.39 is 15.9 Å². The zero-order valence-electron chi connectivity index (χ0n) is 14.6. The lowest BCUT2D eigenvalue weighted by Crippen LogP contribution is -2.38. The second-order valence-electron chi connectivity index (χ2n) is 5.91. The average molecular weight is 371 g/mol. The van der Waals surface area contributed by atoms with Crippen LogP contribution in [0.15, 0.2) is 54.6 Å². The van der Waals surface area contributed by atoms with Crippen molar-refractivity contribution >= 4 is 21.6 Å². The molecule has 0 aliphatic heterocycles. The van der Waals surface area contributed by atoms with Gasteiger partial charge in [0, 0.05) is 12.2 Å². The quantitative estimate of drug-likeness (QED) is 0.770. The zero-order valence-corrected chi connectivity index (χ0v) is 15.4. The smallest absolute Gasteiger partial charge is 0.239 e. The van der Waals surface area contributed by atoms with E-state index >= 15 is 0 Å². The number of carbonyl (C=O) groups is 1. The van der Waals surface area contributed by atoms with Gasteiger partial charge < -0.3 is 5.32 Å². The fourth-order valence-corrected chi connectivity index (χ4v) is 3.19. The molecule has 7 heteroatoms. The van der Waals surface area contributed by atoms with E-state index in [0.29, 0.717) is 18.5 Å². The van der Waals surface area contributed by atoms with Gasteiger partial charge in [-0.15, -0.1) is 0 Å². The van der Waals surface area contributed by atoms with Crippen LogP contribution in [0.5, 0.6) is 0 Å². The molecule has 2 aromatic rings. The summed E-state index contributed by atoms with van der Waals surface area (Å²) in [6.07, 6.45) is 1.93. The number of sulfonamides is 1. The Labute approximate surface area is 154 Å². The van der Waals surface area contributed by atoms with Gasteiger partial charge in [0.15, 0.2) is 0 Å². The van der Waals surface area contributed by atoms with Crippen LogP contribution in [0.1, 0.15) is 11.1 Å². The summed E-state index contributed by atoms with van der Waals surface area (Å²) in [7, 11) is -3.50. The van der Waals surface area contributed by atoms with E-state index in [4.69, 9.17) is 5.26 Å². The molecular formula is C19H21N3O3S. The normalized spacial score (nSPS) is 11.1. The highest BCUT2D eigenvalue weighted by Crippen LogP contribution is 2.11. The van der Waals surface area contributed by atoms with E-state index in [1.165, 1.54) is 4.31 Å². The summed E-state index contributed by atoms with van der Waals surface area (Å²) >= 11 is 0. The molecule has 0 atom stereocenters. The number of benzene rings is 2. The van der Waals surface area contributed by atoms with Crippen LogP contribution in [0.4, 0.5) is 5.69 Å². The number of carbonyl (C=O) groups excluding carboxylic acids is 1. The summed E-state index contributed by atoms with van der Waals surface area (Å²) in [4.78, 5) is 12.2. The Balaban J connectivity index is 1.96. The second kappa shape index (κ2) is 9.13. The SMILES string of the molecule is CS(=O)(=O)N(CCc1ccccc1)CC(=O)Nc1ccc(CC#N)cc1. The first kappa shape index (κ1) is 19.6. The van der Waals surface area contributed by atoms with Crippen LogP contribution in [-0.4, -0.2) is 38.0 Å². The van der Waals surface area contributed by atoms with Crippen molar-refractivity contribution in [3.05, 3.63) is 65.7 Å². The predicted molar refractivity (Wildman–Crippen MR) is 101 cm³/mol. The van der Waals surface area contributed by atoms with Gasteiger partial charge in [-0.2, -0.15) is 9.57 Å². The van der Waals surface area contributed by atoms with Crippen molar-refractivity contribution in [2.24, 2.45) is 0 Å². The minimum atomic E-state index is -3.50. The van der Waals surface area contributed by atoms with Gasteiger partial charge in [-0.1, -0.05) is 42.5 Å². The van der Waals surface area contributed by atoms with Gasteiger partial charge in [-0.3, -0.25) is 4.79 Å². The maximum Gasteiger partial charge on any atom is 0.239 e. The lowest BCUT2D eigenvalue weighted by atomic mass is 10.1. The Hall–Kier alpha value is -2.69. The van der Waals surface area contributed by atoms with Gasteiger partial charge in [0.25, 0.3) is 0 Å². The lowest BCUT2D eigenvalue weighted by Gasteiger charge is -2.19. The molecule has 6 nitrogen and oxygen atoms in total. The Morgan fingerprint density at radius 1 is 1.08 bits per heavy atom. The molecule has 0 radical (unpaired) electrons. The molecule has 0 aromatic heterocycles. The molecule has 1 amide bonds. The number of rotatable bonds is 8. The van der Waals surface area contributed by atoms with Gasteiger partial charge in [-0.25, -0.2) is 8.42 Å². The van der Waals surface area contributed by atoms with Crippen molar-refractivity contribution in [2.75, 3.05) is 24.7 Å². The molecule has 0 spiro atoms. The topological polar surface area (TPSA) is 90.3 Å². The standard InChI is InChI=1S/C19H21N3O3S/c1-26(24,25)22(14-12-16-5-3-2-4-6-16)15-19(23)21-18-9-7-17(8-10-18)11-13-20/h2-10H,11-12,14-15H2,1H3,(H,21,23). The summed E-state index contributed by atoms with van der Waals surface area (Å²) in [6.45, 7) is -0.0109. The Bertz CT molecular complexity index is 872. The molecular weight excluding hydrogens is 350 g/mol. The highest BCUT2D eigenvalue weighted by Gasteiger charge is 2.20. The number of nitrogens with one attached hydrogen (secondary N) is 1. The van der Waals surface area contributed by atoms with Crippen LogP contribution < -0.4 is 5.32 Å². The van der Waals surface area contributed by atoms with E-state index in [9.17, 15) is 13.2 Å². The van der Waals surface area contributed by atoms with Gasteiger partial charge in [0.05, 0.1) is 25.3 Å². The van der Waals surface area contributed by atoms with Crippen LogP contribution >= 0.6 is 0 Å². The average Bonchev–Trinajstić information content (AvgIpc) is 2.60. The van der Waals surface area contributed by atoms with Crippen LogP contribution in [0.25, 0.3) is 0 Å². The minimum absolute atomic E-state index is 0.234. The fourth-order valence-electron chi connectivity index (χ4n) is 2.42. The van der Waals surface area contributed by atoms with Crippen LogP contribution in [0, 0.1) is 11.3 Å². The van der Waals surface area contributed by atoms with Crippen molar-refractivity contribution in [2.45, 2.75) is 12.8 Å². The molecule has 0 aliphatic carbocycles. The van der Waals surface area contributed by atoms with Crippen molar-refractivity contribution in [3.8, 4) is 6.07 Å². The van der Waals surface area contributed by atoms with E-state index in [-0.39, 0.29) is 13.1 Å². The molecule has 0 fully saturated rings. The first-order valence-corrected chi connectivity index (χ1v) is 9.98. The molecule has 1 N–H and O–H groups in total. The van der Waals surface area contributed by atoms with Crippen LogP contribution in [0.2, 0.25) is 0 Å². The van der Waals surface area contributed by atoms with Crippen LogP contribution in [-0.2, 0) is 27.7 Å². The molecule has 0 saturated carbocycles. The number of nitrogens with zero attached hydrogens (tertiary/aromatic N) is 2. The third-order valence-electron chi connectivity index (χ3n) is 3.80. The number of hydrogen-bond acceptors (Lipinski definition) is 4. The highest BCUT2D eigenvalue weighted by atomic mass is 32.2. The first-order chi connectivity index (χ1) is 12.4. The van der Waals surface area contributed by atoms with Crippen molar-refractivity contribution in [1.29, 1.82) is 5.26 Å². The van der Waals surface area contributed by atoms with E-state index in [2.05, 4.69) is 11.4 Å². The highest BCUT2D eigenvalue weighted by molar-refractivity contribution is 7.88. The Kier molecular flexibility index (Phi) is 6.89. The molecule has 0 aliphatic rings. The van der Waals surface area contributed by atoms with Gasteiger partial charge in [0.2, 0.25) is 15.9 Å². The largest absolute Gasteiger partial charge is 0.325 e. The zero-order chi connectivity index (χ0) is 19.0. The van der Waals surface area contributed by atoms with Crippen molar-refractivity contribution in [1.82, 2.24) is 4.31 Å². The molecule has 2 aromatic carbocycles. The molecule has 26 heavy (non-hydrogen) atoms. The van der Waals surface area contributed by atoms with Crippen LogP contribution in [0.3, 0.4) is 0 Å². The molecule has 2 rings (SSSR count). The Morgan fingerprint density at radius 3 is 2.31 bits per heavy atom. The minimum Gasteiger partial charge on any atom is -0.325 e. The molecule has 0 unspecified atom stereocenters. The van der Waals surface area contributed by atoms with Crippen molar-refractivity contribution in [3.63, 3.8) is 0 Å². The maximum atomic E-state index is 12.2. The van der Waals surface area contributed by atoms with E-state index in [0.717, 1.165) is 17.4 Å². The van der Waals surface area contributed by atoms with E-state index in [1.54, 1.807) is 24.3 Å². The lowest BCUT2D eigenvalue weighted by molar-refractivity contribution is -0.116. The third kappa shape index (κ3) is 6.31. The molecule has 0 bridgehead atoms. The summed E-state index contributed by atoms with van der Waals surface area (Å²) in [5.41, 5.74) is 2.42. The number of amides is 1. The summed E-state index contributed by atoms with van der Waals surface area (Å²) < 4.78 is 25.1. The molecule has 0 saturated heterocycles. The monoisotopic (exact) mass is 371 g/mol. The molecule has 0 heterocycles. The summed E-state index contributed by atoms with van der Waals surface area (Å²) in [5.74, 6) is -0.406. The van der Waals surface area contributed by atoms with Gasteiger partial charge in [0.1, 0.15) is 0 Å². The maximum absolute atomic E-state index is 12.2. The fraction of sp³-hybridized carbons (Fsp3) is 0.263. The predicted octanol–water partition coefficient (Wildman–Crippen LogP) is 2.20. The molecule has 136 valence electrons. The number of anilines is 1. The third-order valence-corrected chi connectivity index (χ3v) is 5.05. The first-order valence-electron chi connectivity index (χ1n) is 8.13. The van der Waals surface area contributed by atoms with Gasteiger partial charge >= 0.3 is 0 Å². The number of nitriles is 1. The number of hydrogen-bond donors (Lipinski definition) is 1. The Morgan fingerprint density at radius 2 is 1.73 bits per heavy atom. The second-order valence-corrected chi connectivity index (χ2v) is 7.89. The van der Waals surface area contributed by atoms with Crippen molar-refractivity contribution < 1.29 is 13.2 Å².